The Balaban J connectivity index is 1.73. The lowest BCUT2D eigenvalue weighted by atomic mass is 9.92. The number of hydrogen-bond acceptors (Lipinski definition) is 5. The standard InChI is InChI=1S/C27H32N2O5/c1-5-11-29-16-20(13-17-6-7-19(27(32)34-4)15-24(17)33-3)22-14-18(8-9-23(22)29)25(30)21-10-12-28(2)26(21)31/h6-9,14-16,21,25,30H,5,10-13H2,1-4H3. The third-order valence-electron chi connectivity index (χ3n) is 6.73. The summed E-state index contributed by atoms with van der Waals surface area (Å²) in [6, 6.07) is 11.3. The van der Waals surface area contributed by atoms with E-state index in [1.807, 2.05) is 24.3 Å². The van der Waals surface area contributed by atoms with Gasteiger partial charge in [-0.25, -0.2) is 4.79 Å². The highest BCUT2D eigenvalue weighted by Gasteiger charge is 2.35. The summed E-state index contributed by atoms with van der Waals surface area (Å²) in [6.45, 7) is 3.69. The number of aryl methyl sites for hydroxylation is 1. The Morgan fingerprint density at radius 2 is 1.97 bits per heavy atom. The van der Waals surface area contributed by atoms with Gasteiger partial charge < -0.3 is 24.0 Å². The van der Waals surface area contributed by atoms with Crippen molar-refractivity contribution in [1.29, 1.82) is 0 Å². The zero-order valence-electron chi connectivity index (χ0n) is 20.2. The first-order valence-electron chi connectivity index (χ1n) is 11.7. The van der Waals surface area contributed by atoms with Gasteiger partial charge in [0.15, 0.2) is 0 Å². The van der Waals surface area contributed by atoms with Gasteiger partial charge in [-0.3, -0.25) is 4.79 Å². The zero-order valence-corrected chi connectivity index (χ0v) is 20.2. The Morgan fingerprint density at radius 3 is 2.62 bits per heavy atom. The smallest absolute Gasteiger partial charge is 0.337 e. The van der Waals surface area contributed by atoms with Crippen molar-refractivity contribution in [2.45, 2.75) is 38.8 Å². The fraction of sp³-hybridized carbons (Fsp3) is 0.407. The number of hydrogen-bond donors (Lipinski definition) is 1. The normalized spacial score (nSPS) is 16.8. The van der Waals surface area contributed by atoms with Gasteiger partial charge in [0, 0.05) is 43.7 Å². The second kappa shape index (κ2) is 9.89. The van der Waals surface area contributed by atoms with Gasteiger partial charge in [-0.05, 0) is 53.8 Å². The molecular weight excluding hydrogens is 432 g/mol. The summed E-state index contributed by atoms with van der Waals surface area (Å²) in [5.41, 5.74) is 4.33. The van der Waals surface area contributed by atoms with E-state index < -0.39 is 18.0 Å². The minimum absolute atomic E-state index is 0.00759. The lowest BCUT2D eigenvalue weighted by Crippen LogP contribution is -2.26. The number of ether oxygens (including phenoxy) is 2. The average Bonchev–Trinajstić information content (AvgIpc) is 3.37. The first-order valence-corrected chi connectivity index (χ1v) is 11.7. The SMILES string of the molecule is CCCn1cc(Cc2ccc(C(=O)OC)cc2OC)c2cc(C(O)C3CCN(C)C3=O)ccc21. The van der Waals surface area contributed by atoms with Gasteiger partial charge in [-0.1, -0.05) is 19.1 Å². The van der Waals surface area contributed by atoms with E-state index in [2.05, 4.69) is 17.7 Å². The second-order valence-electron chi connectivity index (χ2n) is 8.92. The highest BCUT2D eigenvalue weighted by atomic mass is 16.5. The summed E-state index contributed by atoms with van der Waals surface area (Å²) in [4.78, 5) is 26.1. The number of carbonyl (C=O) groups excluding carboxylic acids is 2. The van der Waals surface area contributed by atoms with Crippen LogP contribution in [0.3, 0.4) is 0 Å². The average molecular weight is 465 g/mol. The molecule has 3 aromatic rings. The van der Waals surface area contributed by atoms with Crippen molar-refractivity contribution in [1.82, 2.24) is 9.47 Å². The molecule has 0 aliphatic carbocycles. The van der Waals surface area contributed by atoms with E-state index in [1.54, 1.807) is 31.2 Å². The van der Waals surface area contributed by atoms with Crippen molar-refractivity contribution < 1.29 is 24.2 Å². The van der Waals surface area contributed by atoms with Crippen LogP contribution in [0, 0.1) is 5.92 Å². The van der Waals surface area contributed by atoms with E-state index in [9.17, 15) is 14.7 Å². The minimum atomic E-state index is -0.835. The molecule has 1 aliphatic rings. The molecule has 4 rings (SSSR count). The van der Waals surface area contributed by atoms with Crippen LogP contribution < -0.4 is 4.74 Å². The van der Waals surface area contributed by atoms with Crippen LogP contribution in [0.15, 0.2) is 42.6 Å². The van der Waals surface area contributed by atoms with Crippen molar-refractivity contribution in [2.75, 3.05) is 27.8 Å². The number of amides is 1. The minimum Gasteiger partial charge on any atom is -0.496 e. The fourth-order valence-electron chi connectivity index (χ4n) is 4.85. The maximum absolute atomic E-state index is 12.5. The molecule has 0 radical (unpaired) electrons. The summed E-state index contributed by atoms with van der Waals surface area (Å²) in [6.07, 6.45) is 3.56. The number of nitrogens with zero attached hydrogens (tertiary/aromatic N) is 2. The van der Waals surface area contributed by atoms with Crippen molar-refractivity contribution in [3.8, 4) is 5.75 Å². The molecule has 2 unspecified atom stereocenters. The number of aromatic nitrogens is 1. The van der Waals surface area contributed by atoms with Crippen molar-refractivity contribution in [2.24, 2.45) is 5.92 Å². The first kappa shape index (κ1) is 23.8. The molecule has 0 bridgehead atoms. The van der Waals surface area contributed by atoms with Gasteiger partial charge in [-0.2, -0.15) is 0 Å². The Morgan fingerprint density at radius 1 is 1.18 bits per heavy atom. The molecule has 1 aliphatic heterocycles. The van der Waals surface area contributed by atoms with Crippen molar-refractivity contribution in [3.05, 3.63) is 64.8 Å². The predicted octanol–water partition coefficient (Wildman–Crippen LogP) is 3.95. The molecule has 34 heavy (non-hydrogen) atoms. The van der Waals surface area contributed by atoms with E-state index in [0.717, 1.165) is 40.6 Å². The largest absolute Gasteiger partial charge is 0.496 e. The molecule has 0 spiro atoms. The van der Waals surface area contributed by atoms with Gasteiger partial charge in [0.1, 0.15) is 5.75 Å². The maximum Gasteiger partial charge on any atom is 0.337 e. The molecule has 1 N–H and O–H groups in total. The van der Waals surface area contributed by atoms with Crippen LogP contribution in [-0.4, -0.2) is 54.3 Å². The number of benzene rings is 2. The number of aliphatic hydroxyl groups is 1. The van der Waals surface area contributed by atoms with Gasteiger partial charge >= 0.3 is 5.97 Å². The molecular formula is C27H32N2O5. The van der Waals surface area contributed by atoms with Crippen molar-refractivity contribution >= 4 is 22.8 Å². The highest BCUT2D eigenvalue weighted by Crippen LogP contribution is 2.34. The van der Waals surface area contributed by atoms with Gasteiger partial charge in [0.2, 0.25) is 5.91 Å². The monoisotopic (exact) mass is 464 g/mol. The van der Waals surface area contributed by atoms with Crippen LogP contribution in [0.2, 0.25) is 0 Å². The number of methoxy groups -OCH3 is 2. The summed E-state index contributed by atoms with van der Waals surface area (Å²) in [5.74, 6) is -0.202. The van der Waals surface area contributed by atoms with E-state index >= 15 is 0 Å². The molecule has 2 aromatic carbocycles. The number of rotatable bonds is 8. The van der Waals surface area contributed by atoms with Crippen LogP contribution >= 0.6 is 0 Å². The molecule has 1 aromatic heterocycles. The number of fused-ring (bicyclic) bond motifs is 1. The summed E-state index contributed by atoms with van der Waals surface area (Å²) < 4.78 is 12.6. The Labute approximate surface area is 199 Å². The van der Waals surface area contributed by atoms with Crippen molar-refractivity contribution in [3.63, 3.8) is 0 Å². The molecule has 2 atom stereocenters. The van der Waals surface area contributed by atoms with Gasteiger partial charge in [-0.15, -0.1) is 0 Å². The molecule has 1 fully saturated rings. The Bertz CT molecular complexity index is 1220. The third kappa shape index (κ3) is 4.40. The van der Waals surface area contributed by atoms with Gasteiger partial charge in [0.25, 0.3) is 0 Å². The molecule has 180 valence electrons. The second-order valence-corrected chi connectivity index (χ2v) is 8.92. The molecule has 7 heteroatoms. The number of aliphatic hydroxyl groups excluding tert-OH is 1. The lowest BCUT2D eigenvalue weighted by Gasteiger charge is -2.18. The topological polar surface area (TPSA) is 81.0 Å². The van der Waals surface area contributed by atoms with Crippen LogP contribution in [0.4, 0.5) is 0 Å². The summed E-state index contributed by atoms with van der Waals surface area (Å²) >= 11 is 0. The molecule has 7 nitrogen and oxygen atoms in total. The fourth-order valence-corrected chi connectivity index (χ4v) is 4.85. The quantitative estimate of drug-likeness (QED) is 0.511. The maximum atomic E-state index is 12.5. The molecule has 0 saturated carbocycles. The first-order chi connectivity index (χ1) is 16.4. The van der Waals surface area contributed by atoms with Crippen LogP contribution in [0.5, 0.6) is 5.75 Å². The predicted molar refractivity (Wildman–Crippen MR) is 130 cm³/mol. The van der Waals surface area contributed by atoms with E-state index in [-0.39, 0.29) is 5.91 Å². The highest BCUT2D eigenvalue weighted by molar-refractivity contribution is 5.90. The lowest BCUT2D eigenvalue weighted by molar-refractivity contribution is -0.132. The number of esters is 1. The number of carbonyl (C=O) groups is 2. The van der Waals surface area contributed by atoms with E-state index in [0.29, 0.717) is 30.7 Å². The zero-order chi connectivity index (χ0) is 24.4. The molecule has 1 amide bonds. The third-order valence-corrected chi connectivity index (χ3v) is 6.73. The summed E-state index contributed by atoms with van der Waals surface area (Å²) in [7, 11) is 4.72. The Kier molecular flexibility index (Phi) is 6.93. The van der Waals surface area contributed by atoms with Crippen LogP contribution in [0.1, 0.15) is 52.9 Å². The molecule has 1 saturated heterocycles. The van der Waals surface area contributed by atoms with Crippen LogP contribution in [0.25, 0.3) is 10.9 Å². The van der Waals surface area contributed by atoms with Crippen LogP contribution in [-0.2, 0) is 22.5 Å². The summed E-state index contributed by atoms with van der Waals surface area (Å²) in [5, 5.41) is 12.1. The van der Waals surface area contributed by atoms with E-state index in [4.69, 9.17) is 9.47 Å². The van der Waals surface area contributed by atoms with E-state index in [1.165, 1.54) is 7.11 Å². The van der Waals surface area contributed by atoms with Gasteiger partial charge in [0.05, 0.1) is 31.8 Å². The Hall–Kier alpha value is -3.32. The molecule has 2 heterocycles. The number of likely N-dealkylation sites (tertiary alicyclic amines) is 1.